The minimum absolute atomic E-state index is 0.0382. The van der Waals surface area contributed by atoms with Gasteiger partial charge in [0.2, 0.25) is 0 Å². The van der Waals surface area contributed by atoms with E-state index in [1.165, 1.54) is 26.4 Å². The Morgan fingerprint density at radius 1 is 1.47 bits per heavy atom. The summed E-state index contributed by atoms with van der Waals surface area (Å²) in [6.45, 7) is 3.25. The van der Waals surface area contributed by atoms with Crippen LogP contribution in [0.4, 0.5) is 0 Å². The van der Waals surface area contributed by atoms with Crippen molar-refractivity contribution < 1.29 is 9.53 Å². The Kier molecular flexibility index (Phi) is 5.69. The summed E-state index contributed by atoms with van der Waals surface area (Å²) in [6, 6.07) is 0.345. The summed E-state index contributed by atoms with van der Waals surface area (Å²) < 4.78 is 4.85. The average molecular weight is 213 g/mol. The van der Waals surface area contributed by atoms with Crippen LogP contribution in [0.5, 0.6) is 0 Å². The molecule has 2 atom stereocenters. The largest absolute Gasteiger partial charge is 0.469 e. The molecule has 3 heteroatoms. The maximum absolute atomic E-state index is 11.5. The van der Waals surface area contributed by atoms with Crippen molar-refractivity contribution >= 4 is 5.97 Å². The minimum Gasteiger partial charge on any atom is -0.469 e. The normalized spacial score (nSPS) is 26.3. The second-order valence-electron chi connectivity index (χ2n) is 4.33. The topological polar surface area (TPSA) is 38.3 Å². The van der Waals surface area contributed by atoms with Gasteiger partial charge < -0.3 is 10.1 Å². The standard InChI is InChI=1S/C12H23NO2/c1-3-4-5-8-11-10(12(14)15-2)7-6-9-13-11/h10-11,13H,3-9H2,1-2H3. The molecular formula is C12H23NO2. The van der Waals surface area contributed by atoms with E-state index in [1.807, 2.05) is 0 Å². The van der Waals surface area contributed by atoms with Crippen molar-refractivity contribution in [2.75, 3.05) is 13.7 Å². The van der Waals surface area contributed by atoms with E-state index in [4.69, 9.17) is 4.74 Å². The quantitative estimate of drug-likeness (QED) is 0.561. The van der Waals surface area contributed by atoms with Crippen LogP contribution in [0.15, 0.2) is 0 Å². The molecule has 1 saturated heterocycles. The number of esters is 1. The highest BCUT2D eigenvalue weighted by atomic mass is 16.5. The number of hydrogen-bond acceptors (Lipinski definition) is 3. The first-order valence-electron chi connectivity index (χ1n) is 6.10. The van der Waals surface area contributed by atoms with Gasteiger partial charge in [0, 0.05) is 6.04 Å². The molecule has 1 aliphatic rings. The van der Waals surface area contributed by atoms with E-state index >= 15 is 0 Å². The van der Waals surface area contributed by atoms with Crippen molar-refractivity contribution in [1.82, 2.24) is 5.32 Å². The van der Waals surface area contributed by atoms with E-state index in [-0.39, 0.29) is 11.9 Å². The highest BCUT2D eigenvalue weighted by Gasteiger charge is 2.30. The second kappa shape index (κ2) is 6.83. The summed E-state index contributed by atoms with van der Waals surface area (Å²) in [5, 5.41) is 3.44. The molecule has 0 radical (unpaired) electrons. The smallest absolute Gasteiger partial charge is 0.310 e. The molecule has 0 amide bonds. The van der Waals surface area contributed by atoms with Crippen LogP contribution in [0.1, 0.15) is 45.4 Å². The predicted molar refractivity (Wildman–Crippen MR) is 60.7 cm³/mol. The van der Waals surface area contributed by atoms with Crippen LogP contribution in [0, 0.1) is 5.92 Å². The molecule has 1 fully saturated rings. The Hall–Kier alpha value is -0.570. The van der Waals surface area contributed by atoms with Crippen LogP contribution in [0.2, 0.25) is 0 Å². The molecule has 15 heavy (non-hydrogen) atoms. The van der Waals surface area contributed by atoms with E-state index in [1.54, 1.807) is 0 Å². The summed E-state index contributed by atoms with van der Waals surface area (Å²) in [5.74, 6) is 0.0457. The third-order valence-corrected chi connectivity index (χ3v) is 3.21. The lowest BCUT2D eigenvalue weighted by Gasteiger charge is -2.30. The fraction of sp³-hybridized carbons (Fsp3) is 0.917. The van der Waals surface area contributed by atoms with E-state index in [2.05, 4.69) is 12.2 Å². The molecule has 0 spiro atoms. The van der Waals surface area contributed by atoms with Crippen molar-refractivity contribution in [1.29, 1.82) is 0 Å². The lowest BCUT2D eigenvalue weighted by atomic mass is 9.87. The molecule has 88 valence electrons. The van der Waals surface area contributed by atoms with Gasteiger partial charge in [-0.3, -0.25) is 4.79 Å². The number of carbonyl (C=O) groups is 1. The molecule has 2 unspecified atom stereocenters. The van der Waals surface area contributed by atoms with Crippen molar-refractivity contribution in [2.24, 2.45) is 5.92 Å². The fourth-order valence-corrected chi connectivity index (χ4v) is 2.30. The second-order valence-corrected chi connectivity index (χ2v) is 4.33. The number of rotatable bonds is 5. The Morgan fingerprint density at radius 3 is 2.93 bits per heavy atom. The summed E-state index contributed by atoms with van der Waals surface area (Å²) >= 11 is 0. The number of carbonyl (C=O) groups excluding carboxylic acids is 1. The maximum Gasteiger partial charge on any atom is 0.310 e. The van der Waals surface area contributed by atoms with E-state index < -0.39 is 0 Å². The van der Waals surface area contributed by atoms with E-state index in [0.717, 1.165) is 25.8 Å². The number of unbranched alkanes of at least 4 members (excludes halogenated alkanes) is 2. The number of nitrogens with one attached hydrogen (secondary N) is 1. The third kappa shape index (κ3) is 3.82. The monoisotopic (exact) mass is 213 g/mol. The maximum atomic E-state index is 11.5. The van der Waals surface area contributed by atoms with Gasteiger partial charge in [-0.1, -0.05) is 26.2 Å². The Balaban J connectivity index is 2.39. The molecule has 0 aromatic carbocycles. The average Bonchev–Trinajstić information content (AvgIpc) is 2.29. The van der Waals surface area contributed by atoms with E-state index in [0.29, 0.717) is 6.04 Å². The highest BCUT2D eigenvalue weighted by molar-refractivity contribution is 5.73. The summed E-state index contributed by atoms with van der Waals surface area (Å²) in [7, 11) is 1.49. The van der Waals surface area contributed by atoms with Crippen molar-refractivity contribution in [3.63, 3.8) is 0 Å². The molecule has 1 N–H and O–H groups in total. The van der Waals surface area contributed by atoms with Crippen molar-refractivity contribution in [2.45, 2.75) is 51.5 Å². The lowest BCUT2D eigenvalue weighted by Crippen LogP contribution is -2.45. The lowest BCUT2D eigenvalue weighted by molar-refractivity contribution is -0.147. The molecule has 1 rings (SSSR count). The minimum atomic E-state index is -0.0382. The Bertz CT molecular complexity index is 194. The van der Waals surface area contributed by atoms with Crippen molar-refractivity contribution in [3.8, 4) is 0 Å². The first-order chi connectivity index (χ1) is 7.29. The van der Waals surface area contributed by atoms with Gasteiger partial charge in [-0.05, 0) is 25.8 Å². The number of ether oxygens (including phenoxy) is 1. The zero-order valence-corrected chi connectivity index (χ0v) is 9.92. The molecule has 0 aromatic rings. The van der Waals surface area contributed by atoms with Gasteiger partial charge in [0.1, 0.15) is 0 Å². The molecule has 0 bridgehead atoms. The zero-order chi connectivity index (χ0) is 11.1. The van der Waals surface area contributed by atoms with Crippen LogP contribution in [-0.4, -0.2) is 25.7 Å². The van der Waals surface area contributed by atoms with Crippen LogP contribution in [0.3, 0.4) is 0 Å². The van der Waals surface area contributed by atoms with Crippen LogP contribution >= 0.6 is 0 Å². The molecular weight excluding hydrogens is 190 g/mol. The van der Waals surface area contributed by atoms with Gasteiger partial charge in [0.25, 0.3) is 0 Å². The number of hydrogen-bond donors (Lipinski definition) is 1. The first kappa shape index (κ1) is 12.5. The predicted octanol–water partition coefficient (Wildman–Crippen LogP) is 2.11. The third-order valence-electron chi connectivity index (χ3n) is 3.21. The van der Waals surface area contributed by atoms with Gasteiger partial charge in [-0.15, -0.1) is 0 Å². The first-order valence-corrected chi connectivity index (χ1v) is 6.10. The fourth-order valence-electron chi connectivity index (χ4n) is 2.30. The highest BCUT2D eigenvalue weighted by Crippen LogP contribution is 2.22. The van der Waals surface area contributed by atoms with Crippen LogP contribution in [-0.2, 0) is 9.53 Å². The number of methoxy groups -OCH3 is 1. The Morgan fingerprint density at radius 2 is 2.27 bits per heavy atom. The summed E-state index contributed by atoms with van der Waals surface area (Å²) in [6.07, 6.45) is 6.87. The molecule has 0 saturated carbocycles. The molecule has 1 heterocycles. The SMILES string of the molecule is CCCCCC1NCCCC1C(=O)OC. The van der Waals surface area contributed by atoms with Gasteiger partial charge in [0.05, 0.1) is 13.0 Å². The van der Waals surface area contributed by atoms with E-state index in [9.17, 15) is 4.79 Å². The molecule has 1 aliphatic heterocycles. The zero-order valence-electron chi connectivity index (χ0n) is 9.92. The molecule has 0 aromatic heterocycles. The Labute approximate surface area is 92.6 Å². The van der Waals surface area contributed by atoms with Gasteiger partial charge >= 0.3 is 5.97 Å². The van der Waals surface area contributed by atoms with Crippen LogP contribution < -0.4 is 5.32 Å². The summed E-state index contributed by atoms with van der Waals surface area (Å²) in [4.78, 5) is 11.5. The summed E-state index contributed by atoms with van der Waals surface area (Å²) in [5.41, 5.74) is 0. The van der Waals surface area contributed by atoms with Gasteiger partial charge in [0.15, 0.2) is 0 Å². The van der Waals surface area contributed by atoms with Crippen LogP contribution in [0.25, 0.3) is 0 Å². The van der Waals surface area contributed by atoms with Crippen molar-refractivity contribution in [3.05, 3.63) is 0 Å². The van der Waals surface area contributed by atoms with Gasteiger partial charge in [-0.25, -0.2) is 0 Å². The van der Waals surface area contributed by atoms with Gasteiger partial charge in [-0.2, -0.15) is 0 Å². The molecule has 3 nitrogen and oxygen atoms in total. The molecule has 0 aliphatic carbocycles. The number of piperidine rings is 1.